The Labute approximate surface area is 74.2 Å². The van der Waals surface area contributed by atoms with Gasteiger partial charge in [-0.1, -0.05) is 0 Å². The van der Waals surface area contributed by atoms with Crippen LogP contribution in [0.15, 0.2) is 0 Å². The lowest BCUT2D eigenvalue weighted by Gasteiger charge is -2.25. The summed E-state index contributed by atoms with van der Waals surface area (Å²) >= 11 is 1.40. The Morgan fingerprint density at radius 3 is 2.75 bits per heavy atom. The van der Waals surface area contributed by atoms with E-state index in [1.165, 1.54) is 11.8 Å². The third kappa shape index (κ3) is 1.12. The smallest absolute Gasteiger partial charge is 0.322 e. The largest absolute Gasteiger partial charge is 0.480 e. The Kier molecular flexibility index (Phi) is 2.02. The Balaban J connectivity index is 2.17. The van der Waals surface area contributed by atoms with Gasteiger partial charge in [0, 0.05) is 6.42 Å². The molecule has 0 aliphatic carbocycles. The van der Waals surface area contributed by atoms with E-state index in [9.17, 15) is 4.79 Å². The minimum atomic E-state index is -0.834. The lowest BCUT2D eigenvalue weighted by atomic mass is 10.1. The van der Waals surface area contributed by atoms with E-state index in [2.05, 4.69) is 0 Å². The van der Waals surface area contributed by atoms with Crippen molar-refractivity contribution in [2.24, 2.45) is 0 Å². The molecule has 0 radical (unpaired) electrons. The van der Waals surface area contributed by atoms with Crippen molar-refractivity contribution in [1.29, 1.82) is 0 Å². The first-order valence-electron chi connectivity index (χ1n) is 3.87. The van der Waals surface area contributed by atoms with Crippen LogP contribution in [0.5, 0.6) is 0 Å². The summed E-state index contributed by atoms with van der Waals surface area (Å²) in [5.74, 6) is -0.840. The fraction of sp³-hybridized carbons (Fsp3) is 0.857. The van der Waals surface area contributed by atoms with Gasteiger partial charge in [0.2, 0.25) is 0 Å². The van der Waals surface area contributed by atoms with Crippen molar-refractivity contribution in [3.05, 3.63) is 0 Å². The van der Waals surface area contributed by atoms with Gasteiger partial charge in [-0.15, -0.1) is 11.8 Å². The van der Waals surface area contributed by atoms with Crippen molar-refractivity contribution in [2.45, 2.75) is 17.5 Å². The maximum Gasteiger partial charge on any atom is 0.322 e. The molecule has 2 aliphatic heterocycles. The van der Waals surface area contributed by atoms with E-state index in [0.717, 1.165) is 5.75 Å². The standard InChI is InChI=1S/C7H10O4S/c8-6(9)5-7(1-4-12-5)10-2-3-11-7/h5H,1-4H2,(H,8,9). The van der Waals surface area contributed by atoms with Crippen molar-refractivity contribution in [3.63, 3.8) is 0 Å². The van der Waals surface area contributed by atoms with E-state index < -0.39 is 17.0 Å². The molecule has 0 saturated carbocycles. The van der Waals surface area contributed by atoms with Gasteiger partial charge >= 0.3 is 5.97 Å². The van der Waals surface area contributed by atoms with Gasteiger partial charge in [-0.3, -0.25) is 4.79 Å². The van der Waals surface area contributed by atoms with E-state index in [4.69, 9.17) is 14.6 Å². The van der Waals surface area contributed by atoms with Crippen molar-refractivity contribution in [2.75, 3.05) is 19.0 Å². The molecule has 0 aromatic carbocycles. The molecule has 0 amide bonds. The molecule has 0 bridgehead atoms. The second-order valence-corrected chi connectivity index (χ2v) is 4.06. The maximum absolute atomic E-state index is 10.8. The van der Waals surface area contributed by atoms with Crippen LogP contribution in [0.2, 0.25) is 0 Å². The molecular weight excluding hydrogens is 180 g/mol. The van der Waals surface area contributed by atoms with E-state index in [0.29, 0.717) is 19.6 Å². The number of hydrogen-bond acceptors (Lipinski definition) is 4. The predicted molar refractivity (Wildman–Crippen MR) is 43.1 cm³/mol. The average molecular weight is 190 g/mol. The Bertz CT molecular complexity index is 194. The first-order valence-corrected chi connectivity index (χ1v) is 4.92. The van der Waals surface area contributed by atoms with Crippen LogP contribution in [0.25, 0.3) is 0 Å². The first kappa shape index (κ1) is 8.34. The topological polar surface area (TPSA) is 55.8 Å². The summed E-state index contributed by atoms with van der Waals surface area (Å²) in [7, 11) is 0. The molecule has 12 heavy (non-hydrogen) atoms. The van der Waals surface area contributed by atoms with Crippen molar-refractivity contribution in [1.82, 2.24) is 0 Å². The highest BCUT2D eigenvalue weighted by atomic mass is 32.2. The van der Waals surface area contributed by atoms with Crippen LogP contribution < -0.4 is 0 Å². The molecule has 2 aliphatic rings. The maximum atomic E-state index is 10.8. The summed E-state index contributed by atoms with van der Waals surface area (Å²) in [6, 6.07) is 0. The number of thioether (sulfide) groups is 1. The minimum absolute atomic E-state index is 0.518. The van der Waals surface area contributed by atoms with E-state index >= 15 is 0 Å². The van der Waals surface area contributed by atoms with Gasteiger partial charge in [0.25, 0.3) is 0 Å². The van der Waals surface area contributed by atoms with Gasteiger partial charge < -0.3 is 14.6 Å². The number of aliphatic carboxylic acids is 1. The molecule has 1 atom stereocenters. The van der Waals surface area contributed by atoms with E-state index in [-0.39, 0.29) is 0 Å². The fourth-order valence-corrected chi connectivity index (χ4v) is 2.89. The molecule has 0 aromatic rings. The number of hydrogen-bond donors (Lipinski definition) is 1. The molecule has 5 heteroatoms. The van der Waals surface area contributed by atoms with Crippen LogP contribution in [0.3, 0.4) is 0 Å². The number of carbonyl (C=O) groups is 1. The molecule has 1 spiro atoms. The molecule has 68 valence electrons. The van der Waals surface area contributed by atoms with Gasteiger partial charge in [-0.2, -0.15) is 0 Å². The van der Waals surface area contributed by atoms with Crippen LogP contribution in [-0.4, -0.2) is 41.1 Å². The molecule has 1 N–H and O–H groups in total. The second-order valence-electron chi connectivity index (χ2n) is 2.85. The molecule has 1 unspecified atom stereocenters. The molecular formula is C7H10O4S. The van der Waals surface area contributed by atoms with Gasteiger partial charge in [-0.05, 0) is 5.75 Å². The Morgan fingerprint density at radius 2 is 2.17 bits per heavy atom. The summed E-state index contributed by atoms with van der Waals surface area (Å²) in [6.45, 7) is 1.04. The molecule has 0 aromatic heterocycles. The van der Waals surface area contributed by atoms with Gasteiger partial charge in [0.15, 0.2) is 11.0 Å². The Hall–Kier alpha value is -0.260. The normalized spacial score (nSPS) is 32.8. The summed E-state index contributed by atoms with van der Waals surface area (Å²) in [6.07, 6.45) is 0.689. The highest BCUT2D eigenvalue weighted by Gasteiger charge is 2.52. The SMILES string of the molecule is O=C(O)C1SCCC12OCCO2. The van der Waals surface area contributed by atoms with Gasteiger partial charge in [-0.25, -0.2) is 0 Å². The summed E-state index contributed by atoms with van der Waals surface area (Å²) in [4.78, 5) is 10.8. The summed E-state index contributed by atoms with van der Waals surface area (Å²) in [5, 5.41) is 8.32. The third-order valence-electron chi connectivity index (χ3n) is 2.13. The fourth-order valence-electron chi connectivity index (χ4n) is 1.60. The van der Waals surface area contributed by atoms with Crippen molar-refractivity contribution in [3.8, 4) is 0 Å². The number of carboxylic acids is 1. The molecule has 4 nitrogen and oxygen atoms in total. The van der Waals surface area contributed by atoms with Crippen LogP contribution in [0.4, 0.5) is 0 Å². The lowest BCUT2D eigenvalue weighted by Crippen LogP contribution is -2.42. The average Bonchev–Trinajstić information content (AvgIpc) is 2.61. The summed E-state index contributed by atoms with van der Waals surface area (Å²) < 4.78 is 10.7. The second kappa shape index (κ2) is 2.90. The monoisotopic (exact) mass is 190 g/mol. The quantitative estimate of drug-likeness (QED) is 0.645. The zero-order valence-corrected chi connectivity index (χ0v) is 7.30. The van der Waals surface area contributed by atoms with Crippen LogP contribution in [0.1, 0.15) is 6.42 Å². The zero-order valence-electron chi connectivity index (χ0n) is 6.49. The van der Waals surface area contributed by atoms with E-state index in [1.807, 2.05) is 0 Å². The van der Waals surface area contributed by atoms with E-state index in [1.54, 1.807) is 0 Å². The van der Waals surface area contributed by atoms with Gasteiger partial charge in [0.1, 0.15) is 0 Å². The molecule has 2 heterocycles. The molecule has 2 rings (SSSR count). The highest BCUT2D eigenvalue weighted by molar-refractivity contribution is 8.00. The first-order chi connectivity index (χ1) is 5.75. The number of ether oxygens (including phenoxy) is 2. The van der Waals surface area contributed by atoms with Crippen molar-refractivity contribution < 1.29 is 19.4 Å². The summed E-state index contributed by atoms with van der Waals surface area (Å²) in [5.41, 5.74) is 0. The van der Waals surface area contributed by atoms with Gasteiger partial charge in [0.05, 0.1) is 13.2 Å². The number of rotatable bonds is 1. The lowest BCUT2D eigenvalue weighted by molar-refractivity contribution is -0.172. The third-order valence-corrected chi connectivity index (χ3v) is 3.47. The highest BCUT2D eigenvalue weighted by Crippen LogP contribution is 2.42. The zero-order chi connectivity index (χ0) is 8.60. The molecule has 2 fully saturated rings. The number of carboxylic acid groups (broad SMARTS) is 1. The van der Waals surface area contributed by atoms with Crippen molar-refractivity contribution >= 4 is 17.7 Å². The van der Waals surface area contributed by atoms with Crippen LogP contribution >= 0.6 is 11.8 Å². The molecule has 2 saturated heterocycles. The van der Waals surface area contributed by atoms with Crippen LogP contribution in [0, 0.1) is 0 Å². The Morgan fingerprint density at radius 1 is 1.50 bits per heavy atom. The minimum Gasteiger partial charge on any atom is -0.480 e. The predicted octanol–water partition coefficient (Wildman–Crippen LogP) is 0.320. The van der Waals surface area contributed by atoms with Crippen LogP contribution in [-0.2, 0) is 14.3 Å².